The summed E-state index contributed by atoms with van der Waals surface area (Å²) in [6.07, 6.45) is 6.99. The van der Waals surface area contributed by atoms with Gasteiger partial charge in [-0.3, -0.25) is 9.10 Å². The van der Waals surface area contributed by atoms with Crippen molar-refractivity contribution in [2.24, 2.45) is 0 Å². The van der Waals surface area contributed by atoms with Gasteiger partial charge >= 0.3 is 0 Å². The van der Waals surface area contributed by atoms with Crippen LogP contribution >= 0.6 is 11.3 Å². The molecule has 2 aromatic rings. The molecule has 0 radical (unpaired) electrons. The van der Waals surface area contributed by atoms with E-state index in [0.717, 1.165) is 50.6 Å². The predicted octanol–water partition coefficient (Wildman–Crippen LogP) is 4.17. The number of thiophene rings is 1. The van der Waals surface area contributed by atoms with Crippen molar-refractivity contribution in [2.45, 2.75) is 61.9 Å². The zero-order chi connectivity index (χ0) is 18.9. The smallest absolute Gasteiger partial charge is 0.264 e. The Kier molecular flexibility index (Phi) is 5.23. The number of sulfonamides is 1. The molecule has 2 fully saturated rings. The number of anilines is 1. The predicted molar refractivity (Wildman–Crippen MR) is 108 cm³/mol. The van der Waals surface area contributed by atoms with Crippen LogP contribution in [0.1, 0.15) is 55.3 Å². The summed E-state index contributed by atoms with van der Waals surface area (Å²) in [6.45, 7) is 0. The molecule has 1 heterocycles. The largest absolute Gasteiger partial charge is 0.349 e. The van der Waals surface area contributed by atoms with E-state index in [1.165, 1.54) is 17.4 Å². The summed E-state index contributed by atoms with van der Waals surface area (Å²) < 4.78 is 28.7. The van der Waals surface area contributed by atoms with E-state index in [1.54, 1.807) is 22.5 Å². The molecule has 1 N–H and O–H groups in total. The molecule has 1 aromatic heterocycles. The molecule has 1 aromatic carbocycles. The number of benzene rings is 1. The lowest BCUT2D eigenvalue weighted by Gasteiger charge is -2.34. The fourth-order valence-electron chi connectivity index (χ4n) is 3.65. The summed E-state index contributed by atoms with van der Waals surface area (Å²) in [6, 6.07) is 8.50. The van der Waals surface area contributed by atoms with Crippen molar-refractivity contribution < 1.29 is 13.2 Å². The molecule has 2 saturated carbocycles. The Hall–Kier alpha value is -1.86. The lowest BCUT2D eigenvalue weighted by atomic mass is 9.95. The van der Waals surface area contributed by atoms with Crippen molar-refractivity contribution in [1.29, 1.82) is 0 Å². The summed E-state index contributed by atoms with van der Waals surface area (Å²) in [5.74, 6) is -0.200. The van der Waals surface area contributed by atoms with Crippen LogP contribution in [0.4, 0.5) is 5.69 Å². The maximum Gasteiger partial charge on any atom is 0.264 e. The van der Waals surface area contributed by atoms with E-state index in [4.69, 9.17) is 0 Å². The summed E-state index contributed by atoms with van der Waals surface area (Å²) in [4.78, 5) is 12.5. The molecule has 1 amide bonds. The topological polar surface area (TPSA) is 66.5 Å². The fourth-order valence-corrected chi connectivity index (χ4v) is 6.09. The molecule has 2 aliphatic rings. The van der Waals surface area contributed by atoms with Gasteiger partial charge in [0.15, 0.2) is 0 Å². The first-order valence-corrected chi connectivity index (χ1v) is 11.9. The van der Waals surface area contributed by atoms with E-state index in [2.05, 4.69) is 5.32 Å². The number of nitrogens with one attached hydrogen (secondary N) is 1. The highest BCUT2D eigenvalue weighted by atomic mass is 32.2. The number of carbonyl (C=O) groups excluding carboxylic acids is 1. The Bertz CT molecular complexity index is 899. The van der Waals surface area contributed by atoms with Crippen LogP contribution in [0.5, 0.6) is 0 Å². The third-order valence-electron chi connectivity index (χ3n) is 5.23. The van der Waals surface area contributed by atoms with Crippen molar-refractivity contribution in [1.82, 2.24) is 5.32 Å². The number of rotatable bonds is 6. The van der Waals surface area contributed by atoms with E-state index in [1.807, 2.05) is 16.8 Å². The second kappa shape index (κ2) is 7.64. The van der Waals surface area contributed by atoms with Gasteiger partial charge in [-0.25, -0.2) is 8.42 Å². The first-order chi connectivity index (χ1) is 13.1. The second-order valence-corrected chi connectivity index (χ2v) is 9.94. The van der Waals surface area contributed by atoms with Gasteiger partial charge in [0.2, 0.25) is 0 Å². The van der Waals surface area contributed by atoms with Crippen LogP contribution in [0, 0.1) is 0 Å². The summed E-state index contributed by atoms with van der Waals surface area (Å²) >= 11 is 1.49. The standard InChI is InChI=1S/C20H24N2O3S2/c23-20(21-16-9-10-16)15-5-4-8-19(13-15)27(24,25)22(18-11-12-26-14-18)17-6-2-1-3-7-17/h4-5,8,11-14,16-17H,1-3,6-7,9-10H2,(H,21,23). The molecule has 0 atom stereocenters. The molecule has 0 aliphatic heterocycles. The van der Waals surface area contributed by atoms with Crippen molar-refractivity contribution in [3.8, 4) is 0 Å². The summed E-state index contributed by atoms with van der Waals surface area (Å²) in [5, 5.41) is 6.71. The SMILES string of the molecule is O=C(NC1CC1)c1cccc(S(=O)(=O)N(c2ccsc2)C2CCCCC2)c1. The first kappa shape index (κ1) is 18.5. The van der Waals surface area contributed by atoms with Crippen LogP contribution in [-0.4, -0.2) is 26.4 Å². The van der Waals surface area contributed by atoms with Gasteiger partial charge in [0.05, 0.1) is 10.6 Å². The minimum Gasteiger partial charge on any atom is -0.349 e. The molecule has 0 spiro atoms. The molecule has 5 nitrogen and oxygen atoms in total. The average Bonchev–Trinajstić information content (AvgIpc) is 3.34. The Morgan fingerprint density at radius 2 is 1.85 bits per heavy atom. The van der Waals surface area contributed by atoms with Gasteiger partial charge in [-0.1, -0.05) is 25.3 Å². The van der Waals surface area contributed by atoms with E-state index >= 15 is 0 Å². The van der Waals surface area contributed by atoms with E-state index in [9.17, 15) is 13.2 Å². The van der Waals surface area contributed by atoms with E-state index < -0.39 is 10.0 Å². The number of nitrogens with zero attached hydrogens (tertiary/aromatic N) is 1. The van der Waals surface area contributed by atoms with Crippen molar-refractivity contribution in [3.63, 3.8) is 0 Å². The normalized spacial score (nSPS) is 18.2. The Morgan fingerprint density at radius 1 is 1.07 bits per heavy atom. The minimum absolute atomic E-state index is 0.0257. The monoisotopic (exact) mass is 404 g/mol. The molecule has 0 unspecified atom stereocenters. The second-order valence-electron chi connectivity index (χ2n) is 7.35. The molecular formula is C20H24N2O3S2. The lowest BCUT2D eigenvalue weighted by molar-refractivity contribution is 0.0951. The quantitative estimate of drug-likeness (QED) is 0.786. The van der Waals surface area contributed by atoms with Gasteiger partial charge < -0.3 is 5.32 Å². The van der Waals surface area contributed by atoms with Gasteiger partial charge in [-0.05, 0) is 55.3 Å². The average molecular weight is 405 g/mol. The number of carbonyl (C=O) groups is 1. The van der Waals surface area contributed by atoms with Crippen LogP contribution < -0.4 is 9.62 Å². The lowest BCUT2D eigenvalue weighted by Crippen LogP contribution is -2.41. The molecule has 7 heteroatoms. The van der Waals surface area contributed by atoms with Crippen LogP contribution in [0.25, 0.3) is 0 Å². The van der Waals surface area contributed by atoms with Gasteiger partial charge in [-0.15, -0.1) is 0 Å². The number of hydrogen-bond acceptors (Lipinski definition) is 4. The third-order valence-corrected chi connectivity index (χ3v) is 7.78. The number of amides is 1. The molecule has 144 valence electrons. The summed E-state index contributed by atoms with van der Waals surface area (Å²) in [5.41, 5.74) is 1.12. The molecule has 2 aliphatic carbocycles. The molecule has 4 rings (SSSR count). The van der Waals surface area contributed by atoms with Crippen molar-refractivity contribution in [3.05, 3.63) is 46.7 Å². The van der Waals surface area contributed by atoms with Crippen LogP contribution in [0.2, 0.25) is 0 Å². The van der Waals surface area contributed by atoms with E-state index in [-0.39, 0.29) is 22.9 Å². The van der Waals surface area contributed by atoms with Crippen LogP contribution in [-0.2, 0) is 10.0 Å². The van der Waals surface area contributed by atoms with Crippen LogP contribution in [0.15, 0.2) is 46.0 Å². The highest BCUT2D eigenvalue weighted by Crippen LogP contribution is 2.34. The molecule has 0 saturated heterocycles. The molecule has 0 bridgehead atoms. The highest BCUT2D eigenvalue weighted by molar-refractivity contribution is 7.92. The van der Waals surface area contributed by atoms with E-state index in [0.29, 0.717) is 5.56 Å². The Balaban J connectivity index is 1.67. The zero-order valence-corrected chi connectivity index (χ0v) is 16.8. The summed E-state index contributed by atoms with van der Waals surface area (Å²) in [7, 11) is -3.73. The van der Waals surface area contributed by atoms with Crippen molar-refractivity contribution >= 4 is 33.0 Å². The highest BCUT2D eigenvalue weighted by Gasteiger charge is 2.33. The minimum atomic E-state index is -3.73. The Morgan fingerprint density at radius 3 is 2.52 bits per heavy atom. The Labute approximate surface area is 164 Å². The first-order valence-electron chi connectivity index (χ1n) is 9.53. The van der Waals surface area contributed by atoms with Gasteiger partial charge in [-0.2, -0.15) is 11.3 Å². The van der Waals surface area contributed by atoms with Gasteiger partial charge in [0.1, 0.15) is 0 Å². The maximum atomic E-state index is 13.5. The zero-order valence-electron chi connectivity index (χ0n) is 15.1. The number of hydrogen-bond donors (Lipinski definition) is 1. The van der Waals surface area contributed by atoms with Gasteiger partial charge in [0.25, 0.3) is 15.9 Å². The van der Waals surface area contributed by atoms with Crippen LogP contribution in [0.3, 0.4) is 0 Å². The third kappa shape index (κ3) is 4.04. The van der Waals surface area contributed by atoms with Gasteiger partial charge in [0, 0.05) is 23.0 Å². The molecular weight excluding hydrogens is 380 g/mol. The maximum absolute atomic E-state index is 13.5. The van der Waals surface area contributed by atoms with Crippen molar-refractivity contribution in [2.75, 3.05) is 4.31 Å². The molecule has 27 heavy (non-hydrogen) atoms. The fraction of sp³-hybridized carbons (Fsp3) is 0.450.